The Bertz CT molecular complexity index is 799. The molecule has 0 aromatic heterocycles. The van der Waals surface area contributed by atoms with Crippen molar-refractivity contribution in [3.63, 3.8) is 0 Å². The summed E-state index contributed by atoms with van der Waals surface area (Å²) in [6.45, 7) is 10.1. The molecule has 0 aliphatic carbocycles. The minimum Gasteiger partial charge on any atom is -0.616 e. The van der Waals surface area contributed by atoms with E-state index in [-0.39, 0.29) is 18.5 Å². The first-order valence-electron chi connectivity index (χ1n) is 12.7. The lowest BCUT2D eigenvalue weighted by Crippen LogP contribution is -2.23. The molecule has 0 saturated heterocycles. The second-order valence-corrected chi connectivity index (χ2v) is 11.8. The monoisotopic (exact) mass is 532 g/mol. The van der Waals surface area contributed by atoms with E-state index in [2.05, 4.69) is 28.8 Å². The molecule has 2 unspecified atom stereocenters. The highest BCUT2D eigenvalue weighted by Crippen LogP contribution is 2.33. The average Bonchev–Trinajstić information content (AvgIpc) is 3.31. The van der Waals surface area contributed by atoms with Gasteiger partial charge in [0.1, 0.15) is 11.0 Å². The second-order valence-electron chi connectivity index (χ2n) is 8.57. The van der Waals surface area contributed by atoms with E-state index in [0.717, 1.165) is 49.4 Å². The fourth-order valence-corrected chi connectivity index (χ4v) is 5.32. The van der Waals surface area contributed by atoms with Crippen LogP contribution in [0.4, 0.5) is 0 Å². The third-order valence-electron chi connectivity index (χ3n) is 5.41. The van der Waals surface area contributed by atoms with Crippen molar-refractivity contribution in [1.29, 1.82) is 0 Å². The summed E-state index contributed by atoms with van der Waals surface area (Å²) < 4.78 is 53.7. The van der Waals surface area contributed by atoms with Crippen molar-refractivity contribution in [2.75, 3.05) is 25.8 Å². The molecule has 0 radical (unpaired) electrons. The van der Waals surface area contributed by atoms with Gasteiger partial charge in [-0.2, -0.15) is 8.42 Å². The molecule has 7 nitrogen and oxygen atoms in total. The van der Waals surface area contributed by atoms with Crippen LogP contribution in [-0.2, 0) is 36.4 Å². The number of ether oxygens (including phenoxy) is 2. The molecule has 202 valence electrons. The minimum atomic E-state index is -3.80. The Morgan fingerprint density at radius 3 is 2.40 bits per heavy atom. The van der Waals surface area contributed by atoms with E-state index in [9.17, 15) is 13.0 Å². The molecule has 0 bridgehead atoms. The van der Waals surface area contributed by atoms with Crippen LogP contribution in [0, 0.1) is 0 Å². The van der Waals surface area contributed by atoms with Crippen LogP contribution in [-0.4, -0.2) is 44.0 Å². The quantitative estimate of drug-likeness (QED) is 0.128. The van der Waals surface area contributed by atoms with Gasteiger partial charge < -0.3 is 14.0 Å². The van der Waals surface area contributed by atoms with E-state index in [1.54, 1.807) is 0 Å². The Kier molecular flexibility index (Phi) is 17.2. The van der Waals surface area contributed by atoms with Gasteiger partial charge in [0, 0.05) is 6.42 Å². The SMILES string of the molecule is C=CCOS(=O)(=O)OCCCCC.CCCCCCCC[S+]([O-])C(C)Cc1ccc2c(c1)OCO2. The Morgan fingerprint density at radius 2 is 1.69 bits per heavy atom. The summed E-state index contributed by atoms with van der Waals surface area (Å²) in [5, 5.41) is 0.191. The molecule has 9 heteroatoms. The lowest BCUT2D eigenvalue weighted by molar-refractivity contribution is 0.174. The van der Waals surface area contributed by atoms with Crippen LogP contribution in [0.15, 0.2) is 30.9 Å². The summed E-state index contributed by atoms with van der Waals surface area (Å²) in [4.78, 5) is 0. The predicted molar refractivity (Wildman–Crippen MR) is 143 cm³/mol. The highest BCUT2D eigenvalue weighted by molar-refractivity contribution is 7.92. The van der Waals surface area contributed by atoms with E-state index < -0.39 is 21.6 Å². The van der Waals surface area contributed by atoms with E-state index >= 15 is 0 Å². The summed E-state index contributed by atoms with van der Waals surface area (Å²) in [6, 6.07) is 6.01. The third-order valence-corrected chi connectivity index (χ3v) is 8.05. The molecule has 1 aromatic rings. The maximum absolute atomic E-state index is 12.3. The maximum Gasteiger partial charge on any atom is 0.400 e. The molecule has 2 atom stereocenters. The molecular formula is C26H44O7S2. The largest absolute Gasteiger partial charge is 0.616 e. The molecule has 1 aliphatic rings. The Hall–Kier alpha value is -1.26. The van der Waals surface area contributed by atoms with Gasteiger partial charge in [-0.1, -0.05) is 75.7 Å². The van der Waals surface area contributed by atoms with E-state index in [1.807, 2.05) is 25.1 Å². The van der Waals surface area contributed by atoms with Crippen molar-refractivity contribution >= 4 is 21.6 Å². The Labute approximate surface area is 216 Å². The van der Waals surface area contributed by atoms with Crippen molar-refractivity contribution in [3.05, 3.63) is 36.4 Å². The molecule has 1 aliphatic heterocycles. The van der Waals surface area contributed by atoms with Crippen LogP contribution < -0.4 is 9.47 Å². The van der Waals surface area contributed by atoms with Gasteiger partial charge >= 0.3 is 10.4 Å². The van der Waals surface area contributed by atoms with Crippen molar-refractivity contribution in [1.82, 2.24) is 0 Å². The van der Waals surface area contributed by atoms with E-state index in [4.69, 9.17) is 9.47 Å². The summed E-state index contributed by atoms with van der Waals surface area (Å²) in [6.07, 6.45) is 12.4. The van der Waals surface area contributed by atoms with Crippen molar-refractivity contribution in [2.45, 2.75) is 90.2 Å². The standard InChI is InChI=1S/C18H28O3S.C8H16O4S/c1-3-4-5-6-7-8-11-22(19)15(2)12-16-9-10-17-18(13-16)21-14-20-17;1-3-5-6-8-12-13(9,10)11-7-4-2/h9-10,13,15H,3-8,11-12,14H2,1-2H3;4H,2-3,5-8H2,1H3. The lowest BCUT2D eigenvalue weighted by atomic mass is 10.1. The van der Waals surface area contributed by atoms with Gasteiger partial charge in [-0.3, -0.25) is 0 Å². The number of fused-ring (bicyclic) bond motifs is 1. The average molecular weight is 533 g/mol. The summed E-state index contributed by atoms with van der Waals surface area (Å²) in [5.41, 5.74) is 1.17. The molecular weight excluding hydrogens is 488 g/mol. The zero-order chi connectivity index (χ0) is 25.9. The number of hydrogen-bond acceptors (Lipinski definition) is 7. The first-order valence-corrected chi connectivity index (χ1v) is 15.4. The third kappa shape index (κ3) is 14.8. The van der Waals surface area contributed by atoms with Crippen molar-refractivity contribution < 1.29 is 30.8 Å². The Morgan fingerprint density at radius 1 is 1.03 bits per heavy atom. The number of benzene rings is 1. The van der Waals surface area contributed by atoms with E-state index in [1.165, 1.54) is 43.7 Å². The number of unbranched alkanes of at least 4 members (excludes halogenated alkanes) is 7. The fraction of sp³-hybridized carbons (Fsp3) is 0.692. The topological polar surface area (TPSA) is 94.1 Å². The normalized spacial score (nSPS) is 14.2. The number of rotatable bonds is 18. The van der Waals surface area contributed by atoms with Crippen LogP contribution in [0.3, 0.4) is 0 Å². The van der Waals surface area contributed by atoms with Crippen LogP contribution >= 0.6 is 0 Å². The van der Waals surface area contributed by atoms with E-state index in [0.29, 0.717) is 6.79 Å². The maximum atomic E-state index is 12.3. The summed E-state index contributed by atoms with van der Waals surface area (Å²) in [7, 11) is -3.80. The lowest BCUT2D eigenvalue weighted by Gasteiger charge is -2.18. The molecule has 1 heterocycles. The van der Waals surface area contributed by atoms with Gasteiger partial charge in [0.15, 0.2) is 11.5 Å². The van der Waals surface area contributed by atoms with Gasteiger partial charge in [0.2, 0.25) is 6.79 Å². The zero-order valence-electron chi connectivity index (χ0n) is 21.7. The molecule has 35 heavy (non-hydrogen) atoms. The highest BCUT2D eigenvalue weighted by atomic mass is 32.3. The van der Waals surface area contributed by atoms with Crippen LogP contribution in [0.2, 0.25) is 0 Å². The van der Waals surface area contributed by atoms with Gasteiger partial charge in [-0.25, -0.2) is 8.37 Å². The molecule has 1 aromatic carbocycles. The van der Waals surface area contributed by atoms with Crippen LogP contribution in [0.25, 0.3) is 0 Å². The van der Waals surface area contributed by atoms with Crippen LogP contribution in [0.1, 0.15) is 84.1 Å². The van der Waals surface area contributed by atoms with Crippen molar-refractivity contribution in [3.8, 4) is 11.5 Å². The summed E-state index contributed by atoms with van der Waals surface area (Å²) >= 11 is -0.743. The van der Waals surface area contributed by atoms with Gasteiger partial charge in [0.25, 0.3) is 0 Å². The number of hydrogen-bond donors (Lipinski definition) is 0. The van der Waals surface area contributed by atoms with Crippen molar-refractivity contribution in [2.24, 2.45) is 0 Å². The molecule has 0 N–H and O–H groups in total. The predicted octanol–water partition coefficient (Wildman–Crippen LogP) is 6.10. The molecule has 0 amide bonds. The first kappa shape index (κ1) is 31.8. The Balaban J connectivity index is 0.000000405. The first-order chi connectivity index (χ1) is 16.8. The van der Waals surface area contributed by atoms with Gasteiger partial charge in [-0.15, -0.1) is 6.58 Å². The minimum absolute atomic E-state index is 0.0455. The fourth-order valence-electron chi connectivity index (χ4n) is 3.40. The second kappa shape index (κ2) is 18.9. The van der Waals surface area contributed by atoms with Gasteiger partial charge in [0.05, 0.1) is 13.2 Å². The zero-order valence-corrected chi connectivity index (χ0v) is 23.3. The smallest absolute Gasteiger partial charge is 0.400 e. The molecule has 0 fully saturated rings. The highest BCUT2D eigenvalue weighted by Gasteiger charge is 2.19. The molecule has 0 spiro atoms. The van der Waals surface area contributed by atoms with Gasteiger partial charge in [-0.05, 0) is 43.9 Å². The summed E-state index contributed by atoms with van der Waals surface area (Å²) in [5.74, 6) is 2.45. The molecule has 0 saturated carbocycles. The molecule has 2 rings (SSSR count). The van der Waals surface area contributed by atoms with Crippen LogP contribution in [0.5, 0.6) is 11.5 Å².